The van der Waals surface area contributed by atoms with Gasteiger partial charge in [-0.1, -0.05) is 0 Å². The number of ketones is 1. The molecular weight excluding hydrogens is 368 g/mol. The molecule has 0 amide bonds. The van der Waals surface area contributed by atoms with Gasteiger partial charge in [-0.2, -0.15) is 5.10 Å². The van der Waals surface area contributed by atoms with Gasteiger partial charge in [0.25, 0.3) is 0 Å². The first kappa shape index (κ1) is 17.5. The molecule has 8 nitrogen and oxygen atoms in total. The van der Waals surface area contributed by atoms with E-state index < -0.39 is 11.9 Å². The first-order valence-electron chi connectivity index (χ1n) is 8.50. The van der Waals surface area contributed by atoms with E-state index in [0.717, 1.165) is 10.4 Å². The molecule has 0 saturated carbocycles. The molecule has 0 spiro atoms. The largest absolute Gasteiger partial charge is 0.465 e. The summed E-state index contributed by atoms with van der Waals surface area (Å²) in [5.41, 5.74) is 7.75. The van der Waals surface area contributed by atoms with Crippen LogP contribution in [0.15, 0.2) is 46.9 Å². The predicted octanol–water partition coefficient (Wildman–Crippen LogP) is 1.85. The minimum Gasteiger partial charge on any atom is -0.465 e. The highest BCUT2D eigenvalue weighted by Gasteiger charge is 2.41. The molecule has 0 aromatic carbocycles. The molecule has 0 fully saturated rings. The molecule has 1 aliphatic heterocycles. The number of thiophene rings is 1. The summed E-state index contributed by atoms with van der Waals surface area (Å²) in [7, 11) is 1.29. The van der Waals surface area contributed by atoms with Crippen LogP contribution in [0.3, 0.4) is 0 Å². The third kappa shape index (κ3) is 3.14. The lowest BCUT2D eigenvalue weighted by Gasteiger charge is -2.31. The van der Waals surface area contributed by atoms with Gasteiger partial charge >= 0.3 is 5.97 Å². The number of rotatable bonds is 4. The number of nitrogens with zero attached hydrogens (tertiary/aromatic N) is 3. The van der Waals surface area contributed by atoms with Crippen molar-refractivity contribution in [3.63, 3.8) is 0 Å². The number of nitrogens with two attached hydrogens (primary N) is 1. The van der Waals surface area contributed by atoms with E-state index in [-0.39, 0.29) is 17.2 Å². The first-order chi connectivity index (χ1) is 13.1. The molecule has 1 aliphatic carbocycles. The van der Waals surface area contributed by atoms with Crippen LogP contribution in [0.5, 0.6) is 0 Å². The lowest BCUT2D eigenvalue weighted by atomic mass is 9.80. The van der Waals surface area contributed by atoms with E-state index in [1.807, 2.05) is 11.4 Å². The van der Waals surface area contributed by atoms with Crippen molar-refractivity contribution in [3.8, 4) is 0 Å². The SMILES string of the molecule is COC(=O)C1=C(N)OC2=C(C(=O)CCC2)[C@@H]1c1cc(Cn2cncn2)cs1. The van der Waals surface area contributed by atoms with Crippen molar-refractivity contribution in [1.29, 1.82) is 0 Å². The summed E-state index contributed by atoms with van der Waals surface area (Å²) in [4.78, 5) is 29.9. The number of Topliss-reactive ketones (excluding diaryl/α,β-unsaturated/α-hetero) is 1. The zero-order valence-electron chi connectivity index (χ0n) is 14.7. The monoisotopic (exact) mass is 386 g/mol. The van der Waals surface area contributed by atoms with E-state index in [9.17, 15) is 9.59 Å². The third-order valence-electron chi connectivity index (χ3n) is 4.66. The van der Waals surface area contributed by atoms with E-state index in [2.05, 4.69) is 10.1 Å². The molecule has 0 unspecified atom stereocenters. The molecule has 2 aromatic rings. The van der Waals surface area contributed by atoms with Gasteiger partial charge in [-0.05, 0) is 23.4 Å². The molecular formula is C18H18N4O4S. The van der Waals surface area contributed by atoms with Gasteiger partial charge in [0.05, 0.1) is 19.6 Å². The Bertz CT molecular complexity index is 958. The van der Waals surface area contributed by atoms with Gasteiger partial charge in [0, 0.05) is 23.3 Å². The zero-order chi connectivity index (χ0) is 19.0. The molecule has 0 radical (unpaired) electrons. The lowest BCUT2D eigenvalue weighted by Crippen LogP contribution is -2.30. The molecule has 0 bridgehead atoms. The Kier molecular flexibility index (Phi) is 4.53. The van der Waals surface area contributed by atoms with Crippen molar-refractivity contribution >= 4 is 23.1 Å². The molecule has 9 heteroatoms. The van der Waals surface area contributed by atoms with Crippen LogP contribution < -0.4 is 5.73 Å². The van der Waals surface area contributed by atoms with Gasteiger partial charge in [-0.15, -0.1) is 11.3 Å². The zero-order valence-corrected chi connectivity index (χ0v) is 15.5. The van der Waals surface area contributed by atoms with Crippen LogP contribution in [-0.4, -0.2) is 33.6 Å². The average molecular weight is 386 g/mol. The van der Waals surface area contributed by atoms with Gasteiger partial charge in [0.1, 0.15) is 24.0 Å². The third-order valence-corrected chi connectivity index (χ3v) is 5.71. The second-order valence-corrected chi connectivity index (χ2v) is 7.31. The Morgan fingerprint density at radius 3 is 3.07 bits per heavy atom. The smallest absolute Gasteiger partial charge is 0.340 e. The Morgan fingerprint density at radius 1 is 1.48 bits per heavy atom. The topological polar surface area (TPSA) is 109 Å². The standard InChI is InChI=1S/C18H18N4O4S/c1-25-18(24)16-15(14-11(23)3-2-4-12(14)26-17(16)19)13-5-10(7-27-13)6-22-9-20-8-21-22/h5,7-9,15H,2-4,6,19H2,1H3/t15-/m0/s1. The summed E-state index contributed by atoms with van der Waals surface area (Å²) in [6.45, 7) is 0.548. The maximum atomic E-state index is 12.7. The number of hydrogen-bond donors (Lipinski definition) is 1. The minimum absolute atomic E-state index is 0.00604. The predicted molar refractivity (Wildman–Crippen MR) is 96.4 cm³/mol. The Balaban J connectivity index is 1.76. The van der Waals surface area contributed by atoms with Gasteiger partial charge in [0.2, 0.25) is 5.88 Å². The van der Waals surface area contributed by atoms with Crippen LogP contribution in [0.2, 0.25) is 0 Å². The maximum absolute atomic E-state index is 12.7. The van der Waals surface area contributed by atoms with Crippen LogP contribution in [0.4, 0.5) is 0 Å². The molecule has 27 heavy (non-hydrogen) atoms. The van der Waals surface area contributed by atoms with Crippen molar-refractivity contribution in [2.45, 2.75) is 31.7 Å². The summed E-state index contributed by atoms with van der Waals surface area (Å²) >= 11 is 1.47. The van der Waals surface area contributed by atoms with E-state index in [1.165, 1.54) is 24.8 Å². The summed E-state index contributed by atoms with van der Waals surface area (Å²) in [6, 6.07) is 1.96. The first-order valence-corrected chi connectivity index (χ1v) is 9.38. The van der Waals surface area contributed by atoms with Crippen molar-refractivity contribution < 1.29 is 19.1 Å². The fourth-order valence-corrected chi connectivity index (χ4v) is 4.50. The molecule has 2 aliphatic rings. The van der Waals surface area contributed by atoms with Gasteiger partial charge in [0.15, 0.2) is 5.78 Å². The van der Waals surface area contributed by atoms with Crippen molar-refractivity contribution in [3.05, 3.63) is 57.3 Å². The summed E-state index contributed by atoms with van der Waals surface area (Å²) in [6.07, 6.45) is 4.89. The number of allylic oxidation sites excluding steroid dienone is 2. The fourth-order valence-electron chi connectivity index (χ4n) is 3.48. The summed E-state index contributed by atoms with van der Waals surface area (Å²) in [5.74, 6) is -0.599. The summed E-state index contributed by atoms with van der Waals surface area (Å²) in [5, 5.41) is 6.08. The second-order valence-electron chi connectivity index (χ2n) is 6.37. The van der Waals surface area contributed by atoms with Crippen LogP contribution in [0, 0.1) is 0 Å². The minimum atomic E-state index is -0.589. The maximum Gasteiger partial charge on any atom is 0.340 e. The van der Waals surface area contributed by atoms with Crippen molar-refractivity contribution in [1.82, 2.24) is 14.8 Å². The molecule has 4 rings (SSSR count). The Hall–Kier alpha value is -2.94. The van der Waals surface area contributed by atoms with Crippen LogP contribution in [0.1, 0.15) is 35.6 Å². The molecule has 140 valence electrons. The highest BCUT2D eigenvalue weighted by molar-refractivity contribution is 7.10. The number of esters is 1. The van der Waals surface area contributed by atoms with E-state index in [0.29, 0.717) is 37.1 Å². The molecule has 0 saturated heterocycles. The molecule has 1 atom stereocenters. The Labute approximate surface area is 159 Å². The Morgan fingerprint density at radius 2 is 2.33 bits per heavy atom. The highest BCUT2D eigenvalue weighted by Crippen LogP contribution is 2.45. The van der Waals surface area contributed by atoms with Crippen LogP contribution >= 0.6 is 11.3 Å². The number of carbonyl (C=O) groups excluding carboxylic acids is 2. The van der Waals surface area contributed by atoms with Gasteiger partial charge in [-0.25, -0.2) is 14.5 Å². The number of hydrogen-bond acceptors (Lipinski definition) is 8. The van der Waals surface area contributed by atoms with E-state index in [1.54, 1.807) is 11.0 Å². The van der Waals surface area contributed by atoms with Gasteiger partial charge in [-0.3, -0.25) is 4.79 Å². The number of carbonyl (C=O) groups is 2. The average Bonchev–Trinajstić information content (AvgIpc) is 3.32. The van der Waals surface area contributed by atoms with Gasteiger partial charge < -0.3 is 15.2 Å². The molecule has 2 N–H and O–H groups in total. The van der Waals surface area contributed by atoms with Crippen molar-refractivity contribution in [2.24, 2.45) is 5.73 Å². The van der Waals surface area contributed by atoms with Crippen LogP contribution in [-0.2, 0) is 25.6 Å². The number of ether oxygens (including phenoxy) is 2. The van der Waals surface area contributed by atoms with Crippen LogP contribution in [0.25, 0.3) is 0 Å². The van der Waals surface area contributed by atoms with Crippen molar-refractivity contribution in [2.75, 3.05) is 7.11 Å². The quantitative estimate of drug-likeness (QED) is 0.799. The lowest BCUT2D eigenvalue weighted by molar-refractivity contribution is -0.136. The summed E-state index contributed by atoms with van der Waals surface area (Å²) < 4.78 is 12.3. The fraction of sp³-hybridized carbons (Fsp3) is 0.333. The van der Waals surface area contributed by atoms with E-state index >= 15 is 0 Å². The second kappa shape index (κ2) is 6.99. The van der Waals surface area contributed by atoms with E-state index in [4.69, 9.17) is 15.2 Å². The highest BCUT2D eigenvalue weighted by atomic mass is 32.1. The number of aromatic nitrogens is 3. The normalized spacial score (nSPS) is 19.7. The number of methoxy groups -OCH3 is 1. The molecule has 3 heterocycles. The molecule has 2 aromatic heterocycles.